The number of benzene rings is 1. The highest BCUT2D eigenvalue weighted by Crippen LogP contribution is 2.25. The van der Waals surface area contributed by atoms with Gasteiger partial charge in [-0.15, -0.1) is 0 Å². The van der Waals surface area contributed by atoms with Gasteiger partial charge in [0.25, 0.3) is 0 Å². The van der Waals surface area contributed by atoms with Gasteiger partial charge in [0.2, 0.25) is 0 Å². The molecule has 88 valence electrons. The first-order valence-corrected chi connectivity index (χ1v) is 6.16. The van der Waals surface area contributed by atoms with Crippen molar-refractivity contribution >= 4 is 0 Å². The second-order valence-electron chi connectivity index (χ2n) is 4.61. The molecular formula is C14H17N3. The fraction of sp³-hybridized carbons (Fsp3) is 0.357. The summed E-state index contributed by atoms with van der Waals surface area (Å²) in [5.41, 5.74) is 2.25. The van der Waals surface area contributed by atoms with Crippen LogP contribution in [0.15, 0.2) is 36.5 Å². The van der Waals surface area contributed by atoms with Crippen LogP contribution in [0.3, 0.4) is 0 Å². The third-order valence-corrected chi connectivity index (χ3v) is 3.35. The van der Waals surface area contributed by atoms with Gasteiger partial charge in [-0.2, -0.15) is 0 Å². The van der Waals surface area contributed by atoms with Gasteiger partial charge in [-0.25, -0.2) is 4.98 Å². The summed E-state index contributed by atoms with van der Waals surface area (Å²) in [5.74, 6) is 1.15. The molecular weight excluding hydrogens is 210 g/mol. The number of rotatable bonds is 2. The second kappa shape index (κ2) is 4.34. The maximum atomic E-state index is 4.76. The first kappa shape index (κ1) is 10.5. The predicted octanol–water partition coefficient (Wildman–Crippen LogP) is 2.51. The topological polar surface area (TPSA) is 29.9 Å². The van der Waals surface area contributed by atoms with E-state index in [0.29, 0.717) is 6.04 Å². The molecule has 2 aromatic rings. The molecule has 1 N–H and O–H groups in total. The SMILES string of the molecule is Cn1cc(-c2ccccc2)nc1C1CCCN1. The van der Waals surface area contributed by atoms with Gasteiger partial charge >= 0.3 is 0 Å². The molecule has 3 rings (SSSR count). The summed E-state index contributed by atoms with van der Waals surface area (Å²) in [4.78, 5) is 4.76. The van der Waals surface area contributed by atoms with Gasteiger partial charge in [0, 0.05) is 18.8 Å². The quantitative estimate of drug-likeness (QED) is 0.854. The van der Waals surface area contributed by atoms with E-state index in [-0.39, 0.29) is 0 Å². The fourth-order valence-electron chi connectivity index (χ4n) is 2.46. The van der Waals surface area contributed by atoms with Gasteiger partial charge in [0.1, 0.15) is 5.82 Å². The zero-order valence-corrected chi connectivity index (χ0v) is 10.1. The minimum absolute atomic E-state index is 0.428. The van der Waals surface area contributed by atoms with Gasteiger partial charge in [-0.1, -0.05) is 30.3 Å². The van der Waals surface area contributed by atoms with E-state index in [9.17, 15) is 0 Å². The number of nitrogens with zero attached hydrogens (tertiary/aromatic N) is 2. The molecule has 1 atom stereocenters. The first-order valence-electron chi connectivity index (χ1n) is 6.16. The first-order chi connectivity index (χ1) is 8.34. The summed E-state index contributed by atoms with van der Waals surface area (Å²) in [6.45, 7) is 1.11. The molecule has 1 aromatic carbocycles. The monoisotopic (exact) mass is 227 g/mol. The number of nitrogens with one attached hydrogen (secondary N) is 1. The molecule has 1 aliphatic heterocycles. The zero-order chi connectivity index (χ0) is 11.7. The molecule has 17 heavy (non-hydrogen) atoms. The molecule has 0 saturated carbocycles. The predicted molar refractivity (Wildman–Crippen MR) is 68.6 cm³/mol. The highest BCUT2D eigenvalue weighted by molar-refractivity contribution is 5.58. The lowest BCUT2D eigenvalue weighted by atomic mass is 10.2. The van der Waals surface area contributed by atoms with E-state index >= 15 is 0 Å². The highest BCUT2D eigenvalue weighted by atomic mass is 15.1. The van der Waals surface area contributed by atoms with Crippen LogP contribution >= 0.6 is 0 Å². The van der Waals surface area contributed by atoms with E-state index in [1.165, 1.54) is 18.4 Å². The average Bonchev–Trinajstić information content (AvgIpc) is 2.99. The van der Waals surface area contributed by atoms with Crippen LogP contribution in [-0.2, 0) is 7.05 Å². The Labute approximate surface area is 101 Å². The molecule has 1 unspecified atom stereocenters. The number of aromatic nitrogens is 2. The molecule has 0 amide bonds. The van der Waals surface area contributed by atoms with Crippen LogP contribution in [0.2, 0.25) is 0 Å². The van der Waals surface area contributed by atoms with E-state index in [1.807, 2.05) is 6.07 Å². The van der Waals surface area contributed by atoms with Crippen molar-refractivity contribution in [2.75, 3.05) is 6.54 Å². The lowest BCUT2D eigenvalue weighted by Crippen LogP contribution is -2.16. The Morgan fingerprint density at radius 2 is 2.12 bits per heavy atom. The lowest BCUT2D eigenvalue weighted by molar-refractivity contribution is 0.580. The Kier molecular flexibility index (Phi) is 2.69. The Hall–Kier alpha value is -1.61. The maximum Gasteiger partial charge on any atom is 0.126 e. The summed E-state index contributed by atoms with van der Waals surface area (Å²) >= 11 is 0. The van der Waals surface area contributed by atoms with Crippen LogP contribution in [-0.4, -0.2) is 16.1 Å². The normalized spacial score (nSPS) is 19.7. The molecule has 3 heteroatoms. The summed E-state index contributed by atoms with van der Waals surface area (Å²) in [5, 5.41) is 3.50. The third kappa shape index (κ3) is 1.98. The lowest BCUT2D eigenvalue weighted by Gasteiger charge is -2.08. The summed E-state index contributed by atoms with van der Waals surface area (Å²) in [6, 6.07) is 10.8. The Morgan fingerprint density at radius 3 is 2.82 bits per heavy atom. The van der Waals surface area contributed by atoms with Crippen LogP contribution in [0.1, 0.15) is 24.7 Å². The molecule has 1 aromatic heterocycles. The standard InChI is InChI=1S/C14H17N3/c1-17-10-13(11-6-3-2-4-7-11)16-14(17)12-8-5-9-15-12/h2-4,6-7,10,12,15H,5,8-9H2,1H3. The van der Waals surface area contributed by atoms with Crippen LogP contribution < -0.4 is 5.32 Å². The van der Waals surface area contributed by atoms with Gasteiger partial charge < -0.3 is 9.88 Å². The number of imidazole rings is 1. The van der Waals surface area contributed by atoms with Crippen molar-refractivity contribution < 1.29 is 0 Å². The number of aryl methyl sites for hydroxylation is 1. The fourth-order valence-corrected chi connectivity index (χ4v) is 2.46. The molecule has 1 fully saturated rings. The van der Waals surface area contributed by atoms with E-state index in [4.69, 9.17) is 4.98 Å². The zero-order valence-electron chi connectivity index (χ0n) is 10.1. The molecule has 1 saturated heterocycles. The summed E-state index contributed by atoms with van der Waals surface area (Å²) in [7, 11) is 2.08. The summed E-state index contributed by atoms with van der Waals surface area (Å²) < 4.78 is 2.14. The van der Waals surface area contributed by atoms with Crippen molar-refractivity contribution in [1.29, 1.82) is 0 Å². The number of hydrogen-bond acceptors (Lipinski definition) is 2. The van der Waals surface area contributed by atoms with Gasteiger partial charge in [0.05, 0.1) is 11.7 Å². The Morgan fingerprint density at radius 1 is 1.29 bits per heavy atom. The van der Waals surface area contributed by atoms with E-state index in [1.54, 1.807) is 0 Å². The van der Waals surface area contributed by atoms with Crippen LogP contribution in [0.5, 0.6) is 0 Å². The minimum Gasteiger partial charge on any atom is -0.336 e. The number of hydrogen-bond donors (Lipinski definition) is 1. The largest absolute Gasteiger partial charge is 0.336 e. The van der Waals surface area contributed by atoms with Crippen molar-refractivity contribution in [3.05, 3.63) is 42.4 Å². The highest BCUT2D eigenvalue weighted by Gasteiger charge is 2.21. The van der Waals surface area contributed by atoms with Gasteiger partial charge in [0.15, 0.2) is 0 Å². The molecule has 2 heterocycles. The Balaban J connectivity index is 1.95. The molecule has 0 radical (unpaired) electrons. The van der Waals surface area contributed by atoms with Crippen LogP contribution in [0.25, 0.3) is 11.3 Å². The maximum absolute atomic E-state index is 4.76. The van der Waals surface area contributed by atoms with Gasteiger partial charge in [-0.3, -0.25) is 0 Å². The van der Waals surface area contributed by atoms with E-state index < -0.39 is 0 Å². The molecule has 3 nitrogen and oxygen atoms in total. The Bertz CT molecular complexity index is 495. The smallest absolute Gasteiger partial charge is 0.126 e. The van der Waals surface area contributed by atoms with E-state index in [2.05, 4.69) is 47.4 Å². The van der Waals surface area contributed by atoms with Crippen molar-refractivity contribution in [3.8, 4) is 11.3 Å². The third-order valence-electron chi connectivity index (χ3n) is 3.35. The van der Waals surface area contributed by atoms with Gasteiger partial charge in [-0.05, 0) is 19.4 Å². The van der Waals surface area contributed by atoms with Crippen LogP contribution in [0, 0.1) is 0 Å². The minimum atomic E-state index is 0.428. The average molecular weight is 227 g/mol. The van der Waals surface area contributed by atoms with E-state index in [0.717, 1.165) is 18.1 Å². The molecule has 0 spiro atoms. The summed E-state index contributed by atoms with van der Waals surface area (Å²) in [6.07, 6.45) is 4.56. The molecule has 1 aliphatic rings. The molecule has 0 aliphatic carbocycles. The van der Waals surface area contributed by atoms with Crippen molar-refractivity contribution in [2.45, 2.75) is 18.9 Å². The second-order valence-corrected chi connectivity index (χ2v) is 4.61. The van der Waals surface area contributed by atoms with Crippen molar-refractivity contribution in [3.63, 3.8) is 0 Å². The molecule has 0 bridgehead atoms. The van der Waals surface area contributed by atoms with Crippen molar-refractivity contribution in [2.24, 2.45) is 7.05 Å². The van der Waals surface area contributed by atoms with Crippen molar-refractivity contribution in [1.82, 2.24) is 14.9 Å². The van der Waals surface area contributed by atoms with Crippen LogP contribution in [0.4, 0.5) is 0 Å².